The van der Waals surface area contributed by atoms with Crippen molar-refractivity contribution in [2.75, 3.05) is 13.1 Å². The Morgan fingerprint density at radius 1 is 0.800 bits per heavy atom. The first-order chi connectivity index (χ1) is 11.9. The van der Waals surface area contributed by atoms with Crippen LogP contribution < -0.4 is 10.6 Å². The van der Waals surface area contributed by atoms with Crippen molar-refractivity contribution in [3.8, 4) is 0 Å². The number of nitrogens with one attached hydrogen (secondary N) is 2. The van der Waals surface area contributed by atoms with Gasteiger partial charge in [0.1, 0.15) is 0 Å². The molecule has 132 valence electrons. The summed E-state index contributed by atoms with van der Waals surface area (Å²) in [5.74, 6) is -0.451. The van der Waals surface area contributed by atoms with Crippen LogP contribution in [0.5, 0.6) is 0 Å². The predicted octanol–water partition coefficient (Wildman–Crippen LogP) is 3.10. The number of hydrogen-bond acceptors (Lipinski definition) is 2. The normalized spacial score (nSPS) is 11.2. The van der Waals surface area contributed by atoms with E-state index in [2.05, 4.69) is 10.6 Å². The second-order valence-electron chi connectivity index (χ2n) is 7.05. The van der Waals surface area contributed by atoms with Crippen LogP contribution in [0.4, 0.5) is 0 Å². The van der Waals surface area contributed by atoms with Crippen LogP contribution >= 0.6 is 0 Å². The molecule has 0 saturated heterocycles. The number of benzene rings is 2. The van der Waals surface area contributed by atoms with Crippen molar-refractivity contribution in [2.24, 2.45) is 5.41 Å². The molecule has 0 saturated carbocycles. The van der Waals surface area contributed by atoms with Gasteiger partial charge in [-0.2, -0.15) is 0 Å². The summed E-state index contributed by atoms with van der Waals surface area (Å²) < 4.78 is 0. The molecule has 0 aliphatic rings. The zero-order chi connectivity index (χ0) is 18.3. The molecule has 0 unspecified atom stereocenters. The zero-order valence-corrected chi connectivity index (χ0v) is 15.1. The van der Waals surface area contributed by atoms with Crippen molar-refractivity contribution in [1.82, 2.24) is 10.6 Å². The van der Waals surface area contributed by atoms with Crippen LogP contribution in [0.3, 0.4) is 0 Å². The first-order valence-electron chi connectivity index (χ1n) is 8.55. The molecule has 0 fully saturated rings. The number of hydrogen-bond donors (Lipinski definition) is 2. The standard InChI is InChI=1S/C21H26N2O2/c1-21(2,3)20(25)23-15-14-22-19(24)18(16-10-6-4-7-11-16)17-12-8-5-9-13-17/h4-13,18H,14-15H2,1-3H3,(H,22,24)(H,23,25). The van der Waals surface area contributed by atoms with Gasteiger partial charge in [-0.05, 0) is 11.1 Å². The summed E-state index contributed by atoms with van der Waals surface area (Å²) in [5, 5.41) is 5.78. The molecule has 0 aliphatic heterocycles. The monoisotopic (exact) mass is 338 g/mol. The third-order valence-corrected chi connectivity index (χ3v) is 3.92. The minimum atomic E-state index is -0.430. The van der Waals surface area contributed by atoms with Crippen molar-refractivity contribution in [3.63, 3.8) is 0 Å². The van der Waals surface area contributed by atoms with Crippen LogP contribution in [0.1, 0.15) is 37.8 Å². The summed E-state index contributed by atoms with van der Waals surface area (Å²) in [6, 6.07) is 19.4. The van der Waals surface area contributed by atoms with Crippen LogP contribution in [0.25, 0.3) is 0 Å². The molecule has 0 heterocycles. The van der Waals surface area contributed by atoms with Crippen LogP contribution in [0.15, 0.2) is 60.7 Å². The van der Waals surface area contributed by atoms with Crippen molar-refractivity contribution in [2.45, 2.75) is 26.7 Å². The maximum absolute atomic E-state index is 12.8. The SMILES string of the molecule is CC(C)(C)C(=O)NCCNC(=O)C(c1ccccc1)c1ccccc1. The maximum Gasteiger partial charge on any atom is 0.232 e. The highest BCUT2D eigenvalue weighted by molar-refractivity contribution is 5.87. The van der Waals surface area contributed by atoms with E-state index in [1.807, 2.05) is 81.4 Å². The third kappa shape index (κ3) is 5.45. The van der Waals surface area contributed by atoms with E-state index < -0.39 is 5.41 Å². The number of carbonyl (C=O) groups is 2. The largest absolute Gasteiger partial charge is 0.354 e. The molecule has 25 heavy (non-hydrogen) atoms. The molecule has 0 aromatic heterocycles. The molecule has 0 radical (unpaired) electrons. The molecule has 4 nitrogen and oxygen atoms in total. The summed E-state index contributed by atoms with van der Waals surface area (Å²) in [6.45, 7) is 6.40. The van der Waals surface area contributed by atoms with Crippen LogP contribution in [0.2, 0.25) is 0 Å². The average molecular weight is 338 g/mol. The Labute approximate surface area is 149 Å². The Balaban J connectivity index is 2.01. The lowest BCUT2D eigenvalue weighted by molar-refractivity contribution is -0.128. The Morgan fingerprint density at radius 3 is 1.68 bits per heavy atom. The fourth-order valence-electron chi connectivity index (χ4n) is 2.52. The second kappa shape index (κ2) is 8.47. The number of rotatable bonds is 6. The van der Waals surface area contributed by atoms with Gasteiger partial charge in [0.25, 0.3) is 0 Å². The van der Waals surface area contributed by atoms with E-state index in [0.717, 1.165) is 11.1 Å². The van der Waals surface area contributed by atoms with Gasteiger partial charge in [-0.15, -0.1) is 0 Å². The van der Waals surface area contributed by atoms with E-state index >= 15 is 0 Å². The molecule has 0 bridgehead atoms. The fraction of sp³-hybridized carbons (Fsp3) is 0.333. The zero-order valence-electron chi connectivity index (χ0n) is 15.1. The first kappa shape index (κ1) is 18.7. The van der Waals surface area contributed by atoms with Gasteiger partial charge in [0.15, 0.2) is 0 Å². The summed E-state index contributed by atoms with van der Waals surface area (Å²) >= 11 is 0. The average Bonchev–Trinajstić information content (AvgIpc) is 2.60. The molecule has 2 N–H and O–H groups in total. The Kier molecular flexibility index (Phi) is 6.34. The van der Waals surface area contributed by atoms with Crippen molar-refractivity contribution in [1.29, 1.82) is 0 Å². The summed E-state index contributed by atoms with van der Waals surface area (Å²) in [6.07, 6.45) is 0. The highest BCUT2D eigenvalue weighted by atomic mass is 16.2. The molecule has 2 aromatic carbocycles. The maximum atomic E-state index is 12.8. The van der Waals surface area contributed by atoms with Crippen molar-refractivity contribution < 1.29 is 9.59 Å². The van der Waals surface area contributed by atoms with Gasteiger partial charge in [0.05, 0.1) is 5.92 Å². The van der Waals surface area contributed by atoms with Gasteiger partial charge in [-0.1, -0.05) is 81.4 Å². The second-order valence-corrected chi connectivity index (χ2v) is 7.05. The first-order valence-corrected chi connectivity index (χ1v) is 8.55. The Morgan fingerprint density at radius 2 is 1.24 bits per heavy atom. The minimum absolute atomic E-state index is 0.0237. The van der Waals surface area contributed by atoms with Crippen molar-refractivity contribution in [3.05, 3.63) is 71.8 Å². The van der Waals surface area contributed by atoms with Gasteiger partial charge >= 0.3 is 0 Å². The van der Waals surface area contributed by atoms with Gasteiger partial charge in [-0.25, -0.2) is 0 Å². The topological polar surface area (TPSA) is 58.2 Å². The van der Waals surface area contributed by atoms with E-state index in [4.69, 9.17) is 0 Å². The molecule has 0 atom stereocenters. The lowest BCUT2D eigenvalue weighted by Gasteiger charge is -2.20. The molecule has 4 heteroatoms. The van der Waals surface area contributed by atoms with Gasteiger partial charge < -0.3 is 10.6 Å². The quantitative estimate of drug-likeness (QED) is 0.795. The molecular formula is C21H26N2O2. The highest BCUT2D eigenvalue weighted by Gasteiger charge is 2.23. The van der Waals surface area contributed by atoms with Crippen LogP contribution in [0, 0.1) is 5.41 Å². The smallest absolute Gasteiger partial charge is 0.232 e. The summed E-state index contributed by atoms with van der Waals surface area (Å²) in [4.78, 5) is 24.6. The van der Waals surface area contributed by atoms with Gasteiger partial charge in [0.2, 0.25) is 11.8 Å². The lowest BCUT2D eigenvalue weighted by Crippen LogP contribution is -2.41. The van der Waals surface area contributed by atoms with E-state index in [0.29, 0.717) is 13.1 Å². The third-order valence-electron chi connectivity index (χ3n) is 3.92. The molecule has 2 aromatic rings. The van der Waals surface area contributed by atoms with E-state index in [1.165, 1.54) is 0 Å². The molecule has 0 spiro atoms. The van der Waals surface area contributed by atoms with Crippen LogP contribution in [-0.2, 0) is 9.59 Å². The lowest BCUT2D eigenvalue weighted by atomic mass is 9.90. The summed E-state index contributed by atoms with van der Waals surface area (Å²) in [7, 11) is 0. The van der Waals surface area contributed by atoms with Gasteiger partial charge in [-0.3, -0.25) is 9.59 Å². The number of carbonyl (C=O) groups excluding carboxylic acids is 2. The Bertz CT molecular complexity index is 651. The van der Waals surface area contributed by atoms with Crippen LogP contribution in [-0.4, -0.2) is 24.9 Å². The highest BCUT2D eigenvalue weighted by Crippen LogP contribution is 2.24. The molecule has 0 aliphatic carbocycles. The summed E-state index contributed by atoms with van der Waals surface area (Å²) in [5.41, 5.74) is 1.47. The fourth-order valence-corrected chi connectivity index (χ4v) is 2.52. The molecular weight excluding hydrogens is 312 g/mol. The van der Waals surface area contributed by atoms with Crippen molar-refractivity contribution >= 4 is 11.8 Å². The minimum Gasteiger partial charge on any atom is -0.354 e. The molecule has 2 amide bonds. The molecule has 2 rings (SSSR count). The van der Waals surface area contributed by atoms with Gasteiger partial charge in [0, 0.05) is 18.5 Å². The number of amides is 2. The predicted molar refractivity (Wildman–Crippen MR) is 100 cm³/mol. The Hall–Kier alpha value is -2.62. The van der Waals surface area contributed by atoms with E-state index in [-0.39, 0.29) is 17.7 Å². The van der Waals surface area contributed by atoms with E-state index in [1.54, 1.807) is 0 Å². The van der Waals surface area contributed by atoms with E-state index in [9.17, 15) is 9.59 Å².